The topological polar surface area (TPSA) is 34.1 Å². The minimum atomic E-state index is -0.479. The van der Waals surface area contributed by atoms with Crippen molar-refractivity contribution in [2.45, 2.75) is 6.42 Å². The first-order valence-electron chi connectivity index (χ1n) is 4.88. The summed E-state index contributed by atoms with van der Waals surface area (Å²) in [6, 6.07) is 4.64. The number of nitrogens with zero attached hydrogens (tertiary/aromatic N) is 1. The van der Waals surface area contributed by atoms with Crippen LogP contribution >= 0.6 is 0 Å². The van der Waals surface area contributed by atoms with Crippen LogP contribution in [0.5, 0.6) is 0 Å². The van der Waals surface area contributed by atoms with Crippen LogP contribution in [0.3, 0.4) is 0 Å². The Bertz CT molecular complexity index is 304. The Balaban J connectivity index is 2.12. The van der Waals surface area contributed by atoms with E-state index in [1.54, 1.807) is 12.1 Å². The molecule has 0 aliphatic heterocycles. The van der Waals surface area contributed by atoms with Crippen molar-refractivity contribution in [1.82, 2.24) is 4.98 Å². The maximum absolute atomic E-state index is 12.6. The van der Waals surface area contributed by atoms with E-state index in [4.69, 9.17) is 4.74 Å². The fraction of sp³-hybridized carbons (Fsp3) is 0.364. The van der Waals surface area contributed by atoms with Gasteiger partial charge in [-0.3, -0.25) is 0 Å². The monoisotopic (exact) mass is 210 g/mol. The second kappa shape index (κ2) is 6.95. The predicted octanol–water partition coefficient (Wildman–Crippen LogP) is 2.23. The average Bonchev–Trinajstić information content (AvgIpc) is 2.23. The van der Waals surface area contributed by atoms with Gasteiger partial charge in [-0.05, 0) is 18.6 Å². The lowest BCUT2D eigenvalue weighted by molar-refractivity contribution is 0.149. The van der Waals surface area contributed by atoms with E-state index in [0.29, 0.717) is 25.6 Å². The molecule has 0 aliphatic rings. The van der Waals surface area contributed by atoms with Crippen LogP contribution in [0, 0.1) is 5.95 Å². The van der Waals surface area contributed by atoms with Gasteiger partial charge in [0.1, 0.15) is 5.82 Å². The van der Waals surface area contributed by atoms with Gasteiger partial charge in [-0.25, -0.2) is 4.98 Å². The van der Waals surface area contributed by atoms with Crippen LogP contribution in [-0.4, -0.2) is 24.7 Å². The van der Waals surface area contributed by atoms with Crippen LogP contribution in [0.1, 0.15) is 6.42 Å². The number of aromatic nitrogens is 1. The molecule has 15 heavy (non-hydrogen) atoms. The fourth-order valence-electron chi connectivity index (χ4n) is 1.03. The predicted molar refractivity (Wildman–Crippen MR) is 58.3 cm³/mol. The molecular weight excluding hydrogens is 195 g/mol. The second-order valence-corrected chi connectivity index (χ2v) is 2.96. The Hall–Kier alpha value is -1.42. The van der Waals surface area contributed by atoms with Crippen molar-refractivity contribution in [3.8, 4) is 0 Å². The largest absolute Gasteiger partial charge is 0.379 e. The van der Waals surface area contributed by atoms with Crippen molar-refractivity contribution in [2.24, 2.45) is 0 Å². The first kappa shape index (κ1) is 11.7. The molecule has 1 N–H and O–H groups in total. The van der Waals surface area contributed by atoms with Gasteiger partial charge in [0.05, 0.1) is 13.2 Å². The van der Waals surface area contributed by atoms with Gasteiger partial charge >= 0.3 is 0 Å². The molecule has 0 radical (unpaired) electrons. The van der Waals surface area contributed by atoms with Gasteiger partial charge in [0.25, 0.3) is 0 Å². The molecule has 0 spiro atoms. The first-order valence-corrected chi connectivity index (χ1v) is 4.88. The Kier molecular flexibility index (Phi) is 5.40. The van der Waals surface area contributed by atoms with Crippen LogP contribution in [-0.2, 0) is 4.74 Å². The smallest absolute Gasteiger partial charge is 0.214 e. The Morgan fingerprint density at radius 2 is 2.33 bits per heavy atom. The molecule has 0 amide bonds. The summed E-state index contributed by atoms with van der Waals surface area (Å²) < 4.78 is 17.9. The lowest BCUT2D eigenvalue weighted by atomic mass is 10.4. The fourth-order valence-corrected chi connectivity index (χ4v) is 1.03. The second-order valence-electron chi connectivity index (χ2n) is 2.96. The summed E-state index contributed by atoms with van der Waals surface area (Å²) in [6.07, 6.45) is 2.65. The van der Waals surface area contributed by atoms with Crippen LogP contribution in [0.25, 0.3) is 0 Å². The molecule has 0 aromatic carbocycles. The van der Waals surface area contributed by atoms with Gasteiger partial charge in [0.15, 0.2) is 0 Å². The number of hydrogen-bond acceptors (Lipinski definition) is 3. The number of rotatable bonds is 7. The first-order chi connectivity index (χ1) is 7.33. The molecule has 3 nitrogen and oxygen atoms in total. The van der Waals surface area contributed by atoms with E-state index in [1.807, 2.05) is 6.08 Å². The Morgan fingerprint density at radius 1 is 1.47 bits per heavy atom. The molecule has 1 rings (SSSR count). The number of halogens is 1. The van der Waals surface area contributed by atoms with Crippen molar-refractivity contribution in [3.63, 3.8) is 0 Å². The van der Waals surface area contributed by atoms with E-state index in [9.17, 15) is 4.39 Å². The summed E-state index contributed by atoms with van der Waals surface area (Å²) in [5, 5.41) is 2.96. The average molecular weight is 210 g/mol. The van der Waals surface area contributed by atoms with Gasteiger partial charge in [0.2, 0.25) is 5.95 Å². The Morgan fingerprint density at radius 3 is 3.07 bits per heavy atom. The summed E-state index contributed by atoms with van der Waals surface area (Å²) in [5.41, 5.74) is 0. The quantitative estimate of drug-likeness (QED) is 0.425. The minimum Gasteiger partial charge on any atom is -0.379 e. The van der Waals surface area contributed by atoms with Crippen molar-refractivity contribution in [3.05, 3.63) is 36.8 Å². The summed E-state index contributed by atoms with van der Waals surface area (Å²) >= 11 is 0. The molecule has 0 atom stereocenters. The van der Waals surface area contributed by atoms with E-state index >= 15 is 0 Å². The molecule has 0 fully saturated rings. The van der Waals surface area contributed by atoms with Gasteiger partial charge < -0.3 is 10.1 Å². The van der Waals surface area contributed by atoms with E-state index in [1.165, 1.54) is 6.07 Å². The molecule has 4 heteroatoms. The highest BCUT2D eigenvalue weighted by Gasteiger charge is 1.94. The zero-order chi connectivity index (χ0) is 10.9. The summed E-state index contributed by atoms with van der Waals surface area (Å²) in [4.78, 5) is 3.66. The Labute approximate surface area is 89.0 Å². The van der Waals surface area contributed by atoms with Crippen molar-refractivity contribution in [1.29, 1.82) is 0 Å². The SMILES string of the molecule is C=CCCOCCNc1cccc(F)n1. The lowest BCUT2D eigenvalue weighted by Crippen LogP contribution is -2.10. The maximum Gasteiger partial charge on any atom is 0.214 e. The van der Waals surface area contributed by atoms with Gasteiger partial charge in [-0.1, -0.05) is 12.1 Å². The summed E-state index contributed by atoms with van der Waals surface area (Å²) in [5.74, 6) is 0.0508. The molecule has 82 valence electrons. The van der Waals surface area contributed by atoms with Crippen molar-refractivity contribution < 1.29 is 9.13 Å². The third-order valence-corrected chi connectivity index (χ3v) is 1.73. The van der Waals surface area contributed by atoms with Crippen molar-refractivity contribution in [2.75, 3.05) is 25.1 Å². The van der Waals surface area contributed by atoms with E-state index < -0.39 is 5.95 Å². The van der Waals surface area contributed by atoms with Crippen LogP contribution < -0.4 is 5.32 Å². The third-order valence-electron chi connectivity index (χ3n) is 1.73. The van der Waals surface area contributed by atoms with Gasteiger partial charge in [0, 0.05) is 6.54 Å². The minimum absolute atomic E-state index is 0.479. The van der Waals surface area contributed by atoms with Crippen LogP contribution in [0.2, 0.25) is 0 Å². The molecule has 0 unspecified atom stereocenters. The van der Waals surface area contributed by atoms with Crippen LogP contribution in [0.15, 0.2) is 30.9 Å². The van der Waals surface area contributed by atoms with Crippen molar-refractivity contribution >= 4 is 5.82 Å². The number of hydrogen-bond donors (Lipinski definition) is 1. The molecule has 0 bridgehead atoms. The normalized spacial score (nSPS) is 9.93. The molecule has 0 aliphatic carbocycles. The molecule has 1 aromatic rings. The molecule has 1 heterocycles. The zero-order valence-electron chi connectivity index (χ0n) is 8.58. The van der Waals surface area contributed by atoms with E-state index in [-0.39, 0.29) is 0 Å². The number of anilines is 1. The summed E-state index contributed by atoms with van der Waals surface area (Å²) in [7, 11) is 0. The number of nitrogens with one attached hydrogen (secondary N) is 1. The van der Waals surface area contributed by atoms with E-state index in [2.05, 4.69) is 16.9 Å². The molecule has 0 saturated carbocycles. The highest BCUT2D eigenvalue weighted by atomic mass is 19.1. The lowest BCUT2D eigenvalue weighted by Gasteiger charge is -2.05. The standard InChI is InChI=1S/C11H15FN2O/c1-2-3-8-15-9-7-13-11-6-4-5-10(12)14-11/h2,4-6H,1,3,7-9H2,(H,13,14). The van der Waals surface area contributed by atoms with Crippen LogP contribution in [0.4, 0.5) is 10.2 Å². The highest BCUT2D eigenvalue weighted by Crippen LogP contribution is 2.02. The maximum atomic E-state index is 12.6. The van der Waals surface area contributed by atoms with E-state index in [0.717, 1.165) is 6.42 Å². The highest BCUT2D eigenvalue weighted by molar-refractivity contribution is 5.33. The number of ether oxygens (including phenoxy) is 1. The summed E-state index contributed by atoms with van der Waals surface area (Å²) in [6.45, 7) is 5.45. The zero-order valence-corrected chi connectivity index (χ0v) is 8.58. The van der Waals surface area contributed by atoms with Gasteiger partial charge in [-0.2, -0.15) is 4.39 Å². The third kappa shape index (κ3) is 5.12. The molecular formula is C11H15FN2O. The molecule has 1 aromatic heterocycles. The number of pyridine rings is 1. The molecule has 0 saturated heterocycles. The van der Waals surface area contributed by atoms with Gasteiger partial charge in [-0.15, -0.1) is 6.58 Å².